The predicted molar refractivity (Wildman–Crippen MR) is 30.7 cm³/mol. The zero-order valence-electron chi connectivity index (χ0n) is 4.87. The summed E-state index contributed by atoms with van der Waals surface area (Å²) in [5, 5.41) is 7.09. The van der Waals surface area contributed by atoms with Crippen molar-refractivity contribution in [3.05, 3.63) is 11.8 Å². The van der Waals surface area contributed by atoms with Gasteiger partial charge in [-0.1, -0.05) is 0 Å². The van der Waals surface area contributed by atoms with Crippen LogP contribution in [0.1, 0.15) is 12.8 Å². The average molecular weight is 122 g/mol. The lowest BCUT2D eigenvalue weighted by molar-refractivity contribution is -0.113. The van der Waals surface area contributed by atoms with Crippen molar-refractivity contribution < 1.29 is 4.79 Å². The fourth-order valence-electron chi connectivity index (χ4n) is 0.870. The number of azo groups is 1. The van der Waals surface area contributed by atoms with Crippen molar-refractivity contribution in [1.29, 1.82) is 0 Å². The van der Waals surface area contributed by atoms with Crippen molar-refractivity contribution in [3.8, 4) is 0 Å². The number of rotatable bonds is 1. The Morgan fingerprint density at radius 2 is 2.22 bits per heavy atom. The number of carbonyl (C=O) groups excluding carboxylic acids is 1. The first-order valence-electron chi connectivity index (χ1n) is 3.03. The zero-order chi connectivity index (χ0) is 6.27. The van der Waals surface area contributed by atoms with E-state index in [2.05, 4.69) is 10.2 Å². The number of allylic oxidation sites excluding steroid dienone is 1. The van der Waals surface area contributed by atoms with Gasteiger partial charge < -0.3 is 0 Å². The second-order valence-electron chi connectivity index (χ2n) is 2.38. The van der Waals surface area contributed by atoms with Gasteiger partial charge in [0.25, 0.3) is 5.91 Å². The summed E-state index contributed by atoms with van der Waals surface area (Å²) in [5.41, 5.74) is 0.889. The first-order valence-corrected chi connectivity index (χ1v) is 3.03. The van der Waals surface area contributed by atoms with Gasteiger partial charge in [0.2, 0.25) is 0 Å². The summed E-state index contributed by atoms with van der Waals surface area (Å²) in [5.74, 6) is 0.358. The van der Waals surface area contributed by atoms with E-state index in [-0.39, 0.29) is 5.91 Å². The summed E-state index contributed by atoms with van der Waals surface area (Å²) in [6.45, 7) is 0. The van der Waals surface area contributed by atoms with E-state index >= 15 is 0 Å². The molecule has 0 spiro atoms. The Kier molecular flexibility index (Phi) is 0.806. The lowest BCUT2D eigenvalue weighted by atomic mass is 10.3. The van der Waals surface area contributed by atoms with Gasteiger partial charge in [0, 0.05) is 12.0 Å². The molecule has 0 radical (unpaired) electrons. The number of amides is 1. The van der Waals surface area contributed by atoms with E-state index in [9.17, 15) is 4.79 Å². The SMILES string of the molecule is O=C1C=C(C2CC2)N=N1. The van der Waals surface area contributed by atoms with Crippen molar-refractivity contribution in [3.63, 3.8) is 0 Å². The lowest BCUT2D eigenvalue weighted by Crippen LogP contribution is -1.79. The Bertz CT molecular complexity index is 213. The van der Waals surface area contributed by atoms with Gasteiger partial charge in [-0.3, -0.25) is 4.79 Å². The molecule has 1 aliphatic heterocycles. The maximum absolute atomic E-state index is 10.4. The second-order valence-corrected chi connectivity index (χ2v) is 2.38. The van der Waals surface area contributed by atoms with Gasteiger partial charge in [-0.05, 0) is 12.8 Å². The van der Waals surface area contributed by atoms with Gasteiger partial charge in [0.05, 0.1) is 5.70 Å². The van der Waals surface area contributed by atoms with Gasteiger partial charge in [0.15, 0.2) is 0 Å². The molecule has 3 nitrogen and oxygen atoms in total. The summed E-state index contributed by atoms with van der Waals surface area (Å²) in [7, 11) is 0. The molecule has 0 unspecified atom stereocenters. The van der Waals surface area contributed by atoms with Crippen LogP contribution < -0.4 is 0 Å². The van der Waals surface area contributed by atoms with E-state index in [1.807, 2.05) is 0 Å². The monoisotopic (exact) mass is 122 g/mol. The van der Waals surface area contributed by atoms with Crippen LogP contribution in [0, 0.1) is 5.92 Å². The molecule has 1 fully saturated rings. The molecule has 0 N–H and O–H groups in total. The van der Waals surface area contributed by atoms with Crippen molar-refractivity contribution in [2.24, 2.45) is 16.1 Å². The van der Waals surface area contributed by atoms with Crippen LogP contribution >= 0.6 is 0 Å². The van der Waals surface area contributed by atoms with Crippen LogP contribution in [0.25, 0.3) is 0 Å². The van der Waals surface area contributed by atoms with Gasteiger partial charge in [-0.15, -0.1) is 5.11 Å². The third kappa shape index (κ3) is 0.781. The van der Waals surface area contributed by atoms with Gasteiger partial charge in [0.1, 0.15) is 0 Å². The highest BCUT2D eigenvalue weighted by atomic mass is 16.1. The molecule has 0 bridgehead atoms. The van der Waals surface area contributed by atoms with Crippen molar-refractivity contribution in [2.75, 3.05) is 0 Å². The van der Waals surface area contributed by atoms with E-state index in [4.69, 9.17) is 0 Å². The quantitative estimate of drug-likeness (QED) is 0.516. The predicted octanol–water partition coefficient (Wildman–Crippen LogP) is 1.27. The molecule has 2 rings (SSSR count). The normalized spacial score (nSPS) is 24.9. The Morgan fingerprint density at radius 3 is 2.67 bits per heavy atom. The highest BCUT2D eigenvalue weighted by Crippen LogP contribution is 2.38. The first-order chi connectivity index (χ1) is 4.36. The Balaban J connectivity index is 2.21. The largest absolute Gasteiger partial charge is 0.290 e. The van der Waals surface area contributed by atoms with E-state index < -0.39 is 0 Å². The standard InChI is InChI=1S/C6H6N2O/c9-6-3-5(7-8-6)4-1-2-4/h3-4H,1-2H2. The average Bonchev–Trinajstić information content (AvgIpc) is 2.58. The molecule has 0 saturated heterocycles. The van der Waals surface area contributed by atoms with Crippen LogP contribution in [0.4, 0.5) is 0 Å². The highest BCUT2D eigenvalue weighted by molar-refractivity contribution is 5.90. The molecule has 46 valence electrons. The van der Waals surface area contributed by atoms with Crippen LogP contribution in [0.2, 0.25) is 0 Å². The third-order valence-electron chi connectivity index (χ3n) is 1.53. The molecule has 0 aromatic rings. The van der Waals surface area contributed by atoms with E-state index in [1.54, 1.807) is 0 Å². The maximum Gasteiger partial charge on any atom is 0.290 e. The van der Waals surface area contributed by atoms with E-state index in [0.29, 0.717) is 5.92 Å². The molecule has 9 heavy (non-hydrogen) atoms. The van der Waals surface area contributed by atoms with Gasteiger partial charge in [-0.2, -0.15) is 5.11 Å². The molecule has 3 heteroatoms. The minimum atomic E-state index is -0.197. The summed E-state index contributed by atoms with van der Waals surface area (Å²) in [6, 6.07) is 0. The fourth-order valence-corrected chi connectivity index (χ4v) is 0.870. The van der Waals surface area contributed by atoms with Crippen LogP contribution in [0.3, 0.4) is 0 Å². The number of hydrogen-bond donors (Lipinski definition) is 0. The van der Waals surface area contributed by atoms with Crippen LogP contribution in [-0.2, 0) is 4.79 Å². The summed E-state index contributed by atoms with van der Waals surface area (Å²) in [6.07, 6.45) is 3.88. The molecule has 1 saturated carbocycles. The third-order valence-corrected chi connectivity index (χ3v) is 1.53. The topological polar surface area (TPSA) is 41.8 Å². The van der Waals surface area contributed by atoms with Crippen LogP contribution in [-0.4, -0.2) is 5.91 Å². The minimum absolute atomic E-state index is 0.197. The molecule has 1 amide bonds. The highest BCUT2D eigenvalue weighted by Gasteiger charge is 2.28. The maximum atomic E-state index is 10.4. The number of nitrogens with zero attached hydrogens (tertiary/aromatic N) is 2. The molecular formula is C6H6N2O. The summed E-state index contributed by atoms with van der Waals surface area (Å²) >= 11 is 0. The minimum Gasteiger partial charge on any atom is -0.266 e. The molecule has 0 aromatic heterocycles. The molecule has 0 atom stereocenters. The van der Waals surface area contributed by atoms with Crippen LogP contribution in [0.5, 0.6) is 0 Å². The smallest absolute Gasteiger partial charge is 0.266 e. The van der Waals surface area contributed by atoms with Crippen LogP contribution in [0.15, 0.2) is 22.0 Å². The van der Waals surface area contributed by atoms with E-state index in [1.165, 1.54) is 18.9 Å². The second kappa shape index (κ2) is 1.50. The van der Waals surface area contributed by atoms with Crippen molar-refractivity contribution in [2.45, 2.75) is 12.8 Å². The number of carbonyl (C=O) groups is 1. The first kappa shape index (κ1) is 4.85. The lowest BCUT2D eigenvalue weighted by Gasteiger charge is -1.83. The summed E-state index contributed by atoms with van der Waals surface area (Å²) < 4.78 is 0. The van der Waals surface area contributed by atoms with Crippen molar-refractivity contribution >= 4 is 5.91 Å². The molecule has 0 aromatic carbocycles. The Labute approximate surface area is 52.5 Å². The molecule has 2 aliphatic rings. The van der Waals surface area contributed by atoms with Crippen molar-refractivity contribution in [1.82, 2.24) is 0 Å². The molecule has 1 aliphatic carbocycles. The molecular weight excluding hydrogens is 116 g/mol. The Hall–Kier alpha value is -0.990. The summed E-state index contributed by atoms with van der Waals surface area (Å²) in [4.78, 5) is 10.4. The van der Waals surface area contributed by atoms with Gasteiger partial charge >= 0.3 is 0 Å². The van der Waals surface area contributed by atoms with Gasteiger partial charge in [-0.25, -0.2) is 0 Å². The van der Waals surface area contributed by atoms with E-state index in [0.717, 1.165) is 5.70 Å². The molecule has 1 heterocycles. The Morgan fingerprint density at radius 1 is 1.44 bits per heavy atom. The fraction of sp³-hybridized carbons (Fsp3) is 0.500. The zero-order valence-corrected chi connectivity index (χ0v) is 4.87. The number of hydrogen-bond acceptors (Lipinski definition) is 2.